The maximum atomic E-state index is 10.8. The van der Waals surface area contributed by atoms with Gasteiger partial charge in [0.2, 0.25) is 0 Å². The minimum atomic E-state index is -0.691. The van der Waals surface area contributed by atoms with Gasteiger partial charge in [0.25, 0.3) is 0 Å². The third-order valence-corrected chi connectivity index (χ3v) is 5.27. The molecule has 0 spiro atoms. The minimum Gasteiger partial charge on any atom is -0.481 e. The number of hydrogen-bond donors (Lipinski definition) is 1. The minimum absolute atomic E-state index is 0.283. The Kier molecular flexibility index (Phi) is 4.05. The predicted octanol–water partition coefficient (Wildman–Crippen LogP) is 2.94. The zero-order valence-corrected chi connectivity index (χ0v) is 12.9. The predicted molar refractivity (Wildman–Crippen MR) is 84.0 cm³/mol. The molecule has 0 aromatic carbocycles. The Balaban J connectivity index is 1.79. The van der Waals surface area contributed by atoms with Gasteiger partial charge in [-0.05, 0) is 31.2 Å². The lowest BCUT2D eigenvalue weighted by Crippen LogP contribution is -2.35. The van der Waals surface area contributed by atoms with Gasteiger partial charge in [-0.2, -0.15) is 0 Å². The van der Waals surface area contributed by atoms with Crippen molar-refractivity contribution in [2.45, 2.75) is 32.6 Å². The fourth-order valence-corrected chi connectivity index (χ4v) is 3.84. The Hall–Kier alpha value is -1.69. The maximum absolute atomic E-state index is 10.8. The average molecular weight is 305 g/mol. The smallest absolute Gasteiger partial charge is 0.303 e. The third-order valence-electron chi connectivity index (χ3n) is 4.09. The number of carboxylic acids is 1. The molecular formula is C15H19N3O2S. The molecule has 0 aliphatic carbocycles. The molecule has 0 bridgehead atoms. The van der Waals surface area contributed by atoms with Crippen LogP contribution in [-0.4, -0.2) is 34.1 Å². The summed E-state index contributed by atoms with van der Waals surface area (Å²) in [5.41, 5.74) is 0. The molecule has 5 nitrogen and oxygen atoms in total. The van der Waals surface area contributed by atoms with E-state index in [0.29, 0.717) is 5.92 Å². The first-order chi connectivity index (χ1) is 10.2. The summed E-state index contributed by atoms with van der Waals surface area (Å²) < 4.78 is 0. The second-order valence-electron chi connectivity index (χ2n) is 5.51. The summed E-state index contributed by atoms with van der Waals surface area (Å²) in [6, 6.07) is 2.19. The highest BCUT2D eigenvalue weighted by atomic mass is 32.1. The lowest BCUT2D eigenvalue weighted by Gasteiger charge is -2.32. The van der Waals surface area contributed by atoms with Crippen molar-refractivity contribution in [1.82, 2.24) is 9.97 Å². The highest BCUT2D eigenvalue weighted by Crippen LogP contribution is 2.32. The molecule has 2 aromatic rings. The van der Waals surface area contributed by atoms with Gasteiger partial charge in [0.15, 0.2) is 0 Å². The number of carbonyl (C=O) groups is 1. The number of nitrogens with zero attached hydrogens (tertiary/aromatic N) is 3. The van der Waals surface area contributed by atoms with Crippen molar-refractivity contribution in [3.8, 4) is 0 Å². The number of anilines is 1. The number of aliphatic carboxylic acids is 1. The molecule has 1 fully saturated rings. The van der Waals surface area contributed by atoms with Gasteiger partial charge < -0.3 is 10.0 Å². The lowest BCUT2D eigenvalue weighted by atomic mass is 9.93. The highest BCUT2D eigenvalue weighted by Gasteiger charge is 2.23. The normalized spacial score (nSPS) is 16.5. The molecular weight excluding hydrogens is 286 g/mol. The van der Waals surface area contributed by atoms with Gasteiger partial charge in [0, 0.05) is 24.4 Å². The average Bonchev–Trinajstić information content (AvgIpc) is 2.90. The van der Waals surface area contributed by atoms with Crippen molar-refractivity contribution in [3.63, 3.8) is 0 Å². The summed E-state index contributed by atoms with van der Waals surface area (Å²) in [5, 5.41) is 10.0. The Morgan fingerprint density at radius 2 is 2.19 bits per heavy atom. The van der Waals surface area contributed by atoms with Crippen LogP contribution in [0.25, 0.3) is 10.2 Å². The van der Waals surface area contributed by atoms with Crippen LogP contribution in [0.3, 0.4) is 0 Å². The van der Waals surface area contributed by atoms with E-state index in [1.807, 2.05) is 0 Å². The Labute approximate surface area is 127 Å². The molecule has 1 N–H and O–H groups in total. The van der Waals surface area contributed by atoms with Crippen molar-refractivity contribution in [3.05, 3.63) is 17.3 Å². The van der Waals surface area contributed by atoms with E-state index < -0.39 is 5.97 Å². The molecule has 21 heavy (non-hydrogen) atoms. The number of hydrogen-bond acceptors (Lipinski definition) is 5. The number of aromatic nitrogens is 2. The van der Waals surface area contributed by atoms with Crippen molar-refractivity contribution in [2.75, 3.05) is 18.0 Å². The van der Waals surface area contributed by atoms with Gasteiger partial charge in [-0.1, -0.05) is 6.92 Å². The zero-order valence-electron chi connectivity index (χ0n) is 12.1. The van der Waals surface area contributed by atoms with Crippen LogP contribution in [-0.2, 0) is 11.2 Å². The number of carboxylic acid groups (broad SMARTS) is 1. The fraction of sp³-hybridized carbons (Fsp3) is 0.533. The fourth-order valence-electron chi connectivity index (χ4n) is 2.92. The number of thiophene rings is 1. The van der Waals surface area contributed by atoms with Crippen molar-refractivity contribution < 1.29 is 9.90 Å². The highest BCUT2D eigenvalue weighted by molar-refractivity contribution is 7.18. The Bertz CT molecular complexity index is 647. The van der Waals surface area contributed by atoms with Gasteiger partial charge in [0.05, 0.1) is 5.39 Å². The number of aryl methyl sites for hydroxylation is 1. The van der Waals surface area contributed by atoms with Crippen molar-refractivity contribution >= 4 is 33.3 Å². The molecule has 0 amide bonds. The van der Waals surface area contributed by atoms with E-state index in [1.54, 1.807) is 17.7 Å². The molecule has 0 atom stereocenters. The first kappa shape index (κ1) is 14.3. The monoisotopic (exact) mass is 305 g/mol. The molecule has 0 radical (unpaired) electrons. The first-order valence-electron chi connectivity index (χ1n) is 7.37. The molecule has 6 heteroatoms. The summed E-state index contributed by atoms with van der Waals surface area (Å²) in [6.45, 7) is 3.90. The van der Waals surface area contributed by atoms with Crippen LogP contribution >= 0.6 is 11.3 Å². The van der Waals surface area contributed by atoms with Gasteiger partial charge in [0.1, 0.15) is 17.0 Å². The van der Waals surface area contributed by atoms with E-state index in [1.165, 1.54) is 4.88 Å². The molecule has 0 saturated carbocycles. The quantitative estimate of drug-likeness (QED) is 0.940. The van der Waals surface area contributed by atoms with Crippen LogP contribution in [0.1, 0.15) is 31.1 Å². The summed E-state index contributed by atoms with van der Waals surface area (Å²) in [7, 11) is 0. The molecule has 1 aliphatic rings. The second kappa shape index (κ2) is 5.97. The van der Waals surface area contributed by atoms with Gasteiger partial charge in [-0.15, -0.1) is 11.3 Å². The number of piperidine rings is 1. The van der Waals surface area contributed by atoms with Gasteiger partial charge >= 0.3 is 5.97 Å². The van der Waals surface area contributed by atoms with Crippen LogP contribution in [0.4, 0.5) is 5.82 Å². The molecule has 0 unspecified atom stereocenters. The van der Waals surface area contributed by atoms with Crippen LogP contribution in [0, 0.1) is 5.92 Å². The zero-order chi connectivity index (χ0) is 14.8. The Morgan fingerprint density at radius 3 is 2.86 bits per heavy atom. The standard InChI is InChI=1S/C15H19N3O2S/c1-2-11-8-12-14(16-9-17-15(12)21-11)18-5-3-10(4-6-18)7-13(19)20/h8-10H,2-7H2,1H3,(H,19,20). The van der Waals surface area contributed by atoms with Crippen LogP contribution in [0.15, 0.2) is 12.4 Å². The summed E-state index contributed by atoms with van der Waals surface area (Å²) in [5.74, 6) is 0.609. The molecule has 1 aliphatic heterocycles. The van der Waals surface area contributed by atoms with Crippen LogP contribution in [0.5, 0.6) is 0 Å². The van der Waals surface area contributed by atoms with E-state index in [-0.39, 0.29) is 6.42 Å². The summed E-state index contributed by atoms with van der Waals surface area (Å²) >= 11 is 1.73. The van der Waals surface area contributed by atoms with E-state index in [0.717, 1.165) is 48.4 Å². The number of fused-ring (bicyclic) bond motifs is 1. The largest absolute Gasteiger partial charge is 0.481 e. The summed E-state index contributed by atoms with van der Waals surface area (Å²) in [4.78, 5) is 24.3. The molecule has 3 rings (SSSR count). The van der Waals surface area contributed by atoms with Crippen molar-refractivity contribution in [1.29, 1.82) is 0 Å². The van der Waals surface area contributed by atoms with E-state index >= 15 is 0 Å². The summed E-state index contributed by atoms with van der Waals surface area (Å²) in [6.07, 6.45) is 4.77. The molecule has 112 valence electrons. The topological polar surface area (TPSA) is 66.3 Å². The SMILES string of the molecule is CCc1cc2c(N3CCC(CC(=O)O)CC3)ncnc2s1. The lowest BCUT2D eigenvalue weighted by molar-refractivity contribution is -0.138. The molecule has 2 aromatic heterocycles. The van der Waals surface area contributed by atoms with Gasteiger partial charge in [-0.25, -0.2) is 9.97 Å². The van der Waals surface area contributed by atoms with Crippen molar-refractivity contribution in [2.24, 2.45) is 5.92 Å². The third kappa shape index (κ3) is 3.00. The maximum Gasteiger partial charge on any atom is 0.303 e. The number of rotatable bonds is 4. The Morgan fingerprint density at radius 1 is 1.43 bits per heavy atom. The van der Waals surface area contributed by atoms with E-state index in [2.05, 4.69) is 27.9 Å². The van der Waals surface area contributed by atoms with E-state index in [4.69, 9.17) is 5.11 Å². The molecule has 3 heterocycles. The molecule has 1 saturated heterocycles. The van der Waals surface area contributed by atoms with E-state index in [9.17, 15) is 4.79 Å². The van der Waals surface area contributed by atoms with Crippen LogP contribution < -0.4 is 4.90 Å². The second-order valence-corrected chi connectivity index (χ2v) is 6.63. The van der Waals surface area contributed by atoms with Gasteiger partial charge in [-0.3, -0.25) is 4.79 Å². The van der Waals surface area contributed by atoms with Crippen LogP contribution in [0.2, 0.25) is 0 Å². The first-order valence-corrected chi connectivity index (χ1v) is 8.19.